The van der Waals surface area contributed by atoms with Crippen LogP contribution in [-0.4, -0.2) is 39.5 Å². The number of nitro groups is 1. The van der Waals surface area contributed by atoms with Gasteiger partial charge in [0.15, 0.2) is 0 Å². The standard InChI is InChI=1S/C16H18Cl2N2O7/c1-16(2,3)27-11(21)7-5-9(15(23)24)19-14(22)12-8(17)4-6-10(13(12)18)20(25)26/h4,6,9H,5,7H2,1-3H3,(H,19,22)(H,23,24)/t9-/m0/s1. The SMILES string of the molecule is CC(C)(C)OC(=O)CC[C@H](NC(=O)c1c(Cl)ccc([N+](=O)[O-])c1Cl)C(=O)O. The summed E-state index contributed by atoms with van der Waals surface area (Å²) in [6.45, 7) is 4.98. The largest absolute Gasteiger partial charge is 0.480 e. The Balaban J connectivity index is 2.94. The van der Waals surface area contributed by atoms with Gasteiger partial charge >= 0.3 is 11.9 Å². The zero-order valence-corrected chi connectivity index (χ0v) is 16.3. The van der Waals surface area contributed by atoms with Crippen LogP contribution in [0.5, 0.6) is 0 Å². The van der Waals surface area contributed by atoms with Gasteiger partial charge in [0.2, 0.25) is 0 Å². The minimum atomic E-state index is -1.45. The van der Waals surface area contributed by atoms with Gasteiger partial charge in [-0.1, -0.05) is 23.2 Å². The number of aliphatic carboxylic acids is 1. The summed E-state index contributed by atoms with van der Waals surface area (Å²) >= 11 is 11.7. The lowest BCUT2D eigenvalue weighted by molar-refractivity contribution is -0.384. The first-order chi connectivity index (χ1) is 12.3. The molecule has 0 aromatic heterocycles. The van der Waals surface area contributed by atoms with Crippen LogP contribution in [0, 0.1) is 10.1 Å². The van der Waals surface area contributed by atoms with E-state index in [9.17, 15) is 29.6 Å². The molecule has 27 heavy (non-hydrogen) atoms. The number of amides is 1. The molecule has 0 saturated heterocycles. The number of rotatable bonds is 7. The molecular weight excluding hydrogens is 403 g/mol. The first kappa shape index (κ1) is 22.7. The highest BCUT2D eigenvalue weighted by molar-refractivity contribution is 6.41. The fourth-order valence-electron chi connectivity index (χ4n) is 2.03. The molecule has 2 N–H and O–H groups in total. The van der Waals surface area contributed by atoms with Crippen LogP contribution in [0.1, 0.15) is 44.0 Å². The van der Waals surface area contributed by atoms with E-state index in [1.807, 2.05) is 0 Å². The quantitative estimate of drug-likeness (QED) is 0.392. The highest BCUT2D eigenvalue weighted by Crippen LogP contribution is 2.33. The van der Waals surface area contributed by atoms with Gasteiger partial charge in [-0.05, 0) is 33.3 Å². The lowest BCUT2D eigenvalue weighted by atomic mass is 10.1. The molecule has 0 fully saturated rings. The highest BCUT2D eigenvalue weighted by atomic mass is 35.5. The van der Waals surface area contributed by atoms with Gasteiger partial charge in [0, 0.05) is 12.5 Å². The normalized spacial score (nSPS) is 12.2. The fourth-order valence-corrected chi connectivity index (χ4v) is 2.64. The van der Waals surface area contributed by atoms with Crippen molar-refractivity contribution in [1.29, 1.82) is 0 Å². The summed E-state index contributed by atoms with van der Waals surface area (Å²) in [6.07, 6.45) is -0.509. The third-order valence-corrected chi connectivity index (χ3v) is 3.85. The molecule has 0 saturated carbocycles. The van der Waals surface area contributed by atoms with E-state index in [2.05, 4.69) is 5.32 Å². The Morgan fingerprint density at radius 2 is 1.89 bits per heavy atom. The van der Waals surface area contributed by atoms with Gasteiger partial charge in [-0.2, -0.15) is 0 Å². The number of ether oxygens (including phenoxy) is 1. The maximum Gasteiger partial charge on any atom is 0.326 e. The number of carbonyl (C=O) groups is 3. The molecule has 0 aliphatic carbocycles. The third-order valence-electron chi connectivity index (χ3n) is 3.16. The summed E-state index contributed by atoms with van der Waals surface area (Å²) < 4.78 is 5.08. The number of benzene rings is 1. The predicted octanol–water partition coefficient (Wildman–Crippen LogP) is 3.21. The van der Waals surface area contributed by atoms with E-state index >= 15 is 0 Å². The van der Waals surface area contributed by atoms with Crippen molar-refractivity contribution < 1.29 is 29.2 Å². The predicted molar refractivity (Wildman–Crippen MR) is 97.1 cm³/mol. The molecule has 0 aliphatic rings. The third kappa shape index (κ3) is 6.69. The summed E-state index contributed by atoms with van der Waals surface area (Å²) in [4.78, 5) is 45.6. The topological polar surface area (TPSA) is 136 Å². The van der Waals surface area contributed by atoms with E-state index < -0.39 is 50.7 Å². The number of carbonyl (C=O) groups excluding carboxylic acids is 2. The van der Waals surface area contributed by atoms with Crippen LogP contribution in [0.2, 0.25) is 10.0 Å². The number of hydrogen-bond donors (Lipinski definition) is 2. The van der Waals surface area contributed by atoms with E-state index in [0.29, 0.717) is 0 Å². The van der Waals surface area contributed by atoms with Crippen LogP contribution in [-0.2, 0) is 14.3 Å². The molecule has 0 aliphatic heterocycles. The average Bonchev–Trinajstić information content (AvgIpc) is 2.48. The van der Waals surface area contributed by atoms with Gasteiger partial charge in [-0.3, -0.25) is 19.7 Å². The van der Waals surface area contributed by atoms with Crippen LogP contribution in [0.4, 0.5) is 5.69 Å². The van der Waals surface area contributed by atoms with Crippen molar-refractivity contribution >= 4 is 46.7 Å². The van der Waals surface area contributed by atoms with Crippen LogP contribution in [0.3, 0.4) is 0 Å². The molecule has 11 heteroatoms. The van der Waals surface area contributed by atoms with Gasteiger partial charge in [0.1, 0.15) is 16.7 Å². The fraction of sp³-hybridized carbons (Fsp3) is 0.438. The summed E-state index contributed by atoms with van der Waals surface area (Å²) in [5.74, 6) is -3.04. The second-order valence-corrected chi connectivity index (χ2v) is 7.29. The van der Waals surface area contributed by atoms with Crippen molar-refractivity contribution in [2.24, 2.45) is 0 Å². The zero-order valence-electron chi connectivity index (χ0n) is 14.7. The Bertz CT molecular complexity index is 775. The van der Waals surface area contributed by atoms with Crippen LogP contribution < -0.4 is 5.32 Å². The second kappa shape index (κ2) is 9.01. The summed E-state index contributed by atoms with van der Waals surface area (Å²) in [7, 11) is 0. The number of nitrogens with zero attached hydrogens (tertiary/aromatic N) is 1. The number of carboxylic acids is 1. The molecule has 9 nitrogen and oxygen atoms in total. The highest BCUT2D eigenvalue weighted by Gasteiger charge is 2.28. The number of nitro benzene ring substituents is 1. The van der Waals surface area contributed by atoms with Crippen molar-refractivity contribution in [3.8, 4) is 0 Å². The monoisotopic (exact) mass is 420 g/mol. The van der Waals surface area contributed by atoms with E-state index in [0.717, 1.165) is 12.1 Å². The van der Waals surface area contributed by atoms with Gasteiger partial charge in [-0.15, -0.1) is 0 Å². The molecule has 0 unspecified atom stereocenters. The Morgan fingerprint density at radius 3 is 2.37 bits per heavy atom. The molecule has 0 radical (unpaired) electrons. The molecule has 1 rings (SSSR count). The lowest BCUT2D eigenvalue weighted by Gasteiger charge is -2.20. The maximum atomic E-state index is 12.4. The second-order valence-electron chi connectivity index (χ2n) is 6.50. The summed E-state index contributed by atoms with van der Waals surface area (Å²) in [6, 6.07) is 0.687. The Labute approximate surface area is 164 Å². The van der Waals surface area contributed by atoms with E-state index in [-0.39, 0.29) is 17.9 Å². The smallest absolute Gasteiger partial charge is 0.326 e. The summed E-state index contributed by atoms with van der Waals surface area (Å²) in [5, 5.41) is 21.7. The average molecular weight is 421 g/mol. The van der Waals surface area contributed by atoms with E-state index in [4.69, 9.17) is 27.9 Å². The minimum Gasteiger partial charge on any atom is -0.480 e. The van der Waals surface area contributed by atoms with Crippen LogP contribution >= 0.6 is 23.2 Å². The van der Waals surface area contributed by atoms with Gasteiger partial charge < -0.3 is 15.2 Å². The van der Waals surface area contributed by atoms with Crippen molar-refractivity contribution in [1.82, 2.24) is 5.32 Å². The number of carboxylic acid groups (broad SMARTS) is 1. The molecule has 1 atom stereocenters. The number of nitrogens with one attached hydrogen (secondary N) is 1. The first-order valence-electron chi connectivity index (χ1n) is 7.71. The minimum absolute atomic E-state index is 0.181. The molecule has 0 spiro atoms. The van der Waals surface area contributed by atoms with Crippen molar-refractivity contribution in [3.05, 3.63) is 37.9 Å². The number of halogens is 2. The molecule has 0 bridgehead atoms. The molecular formula is C16H18Cl2N2O7. The lowest BCUT2D eigenvalue weighted by Crippen LogP contribution is -2.41. The van der Waals surface area contributed by atoms with E-state index in [1.54, 1.807) is 20.8 Å². The summed E-state index contributed by atoms with van der Waals surface area (Å²) in [5.41, 5.74) is -1.70. The zero-order chi connectivity index (χ0) is 20.9. The Morgan fingerprint density at radius 1 is 1.30 bits per heavy atom. The van der Waals surface area contributed by atoms with Gasteiger partial charge in [0.25, 0.3) is 11.6 Å². The van der Waals surface area contributed by atoms with E-state index in [1.165, 1.54) is 0 Å². The molecule has 1 amide bonds. The van der Waals surface area contributed by atoms with Crippen molar-refractivity contribution in [2.75, 3.05) is 0 Å². The molecule has 1 aromatic carbocycles. The number of esters is 1. The maximum absolute atomic E-state index is 12.4. The Hall–Kier alpha value is -2.39. The van der Waals surface area contributed by atoms with Crippen LogP contribution in [0.15, 0.2) is 12.1 Å². The molecule has 0 heterocycles. The number of hydrogen-bond acceptors (Lipinski definition) is 6. The molecule has 1 aromatic rings. The van der Waals surface area contributed by atoms with Crippen LogP contribution in [0.25, 0.3) is 0 Å². The Kier molecular flexibility index (Phi) is 7.55. The van der Waals surface area contributed by atoms with Crippen molar-refractivity contribution in [3.63, 3.8) is 0 Å². The molecule has 148 valence electrons. The first-order valence-corrected chi connectivity index (χ1v) is 8.47. The van der Waals surface area contributed by atoms with Gasteiger partial charge in [0.05, 0.1) is 15.5 Å². The van der Waals surface area contributed by atoms with Gasteiger partial charge in [-0.25, -0.2) is 4.79 Å². The van der Waals surface area contributed by atoms with Crippen molar-refractivity contribution in [2.45, 2.75) is 45.3 Å².